The monoisotopic (exact) mass is 330 g/mol. The first-order valence-electron chi connectivity index (χ1n) is 10.2. The summed E-state index contributed by atoms with van der Waals surface area (Å²) in [6, 6.07) is 0. The molecule has 0 aromatic carbocycles. The number of allylic oxidation sites excluding steroid dienone is 1. The van der Waals surface area contributed by atoms with E-state index in [1.54, 1.807) is 12.5 Å². The summed E-state index contributed by atoms with van der Waals surface area (Å²) in [6.07, 6.45) is 12.9. The van der Waals surface area contributed by atoms with Crippen LogP contribution in [-0.2, 0) is 9.53 Å². The Kier molecular flexibility index (Phi) is 3.89. The van der Waals surface area contributed by atoms with Crippen LogP contribution < -0.4 is 0 Å². The lowest BCUT2D eigenvalue weighted by atomic mass is 9.47. The molecule has 4 aliphatic carbocycles. The van der Waals surface area contributed by atoms with Crippen molar-refractivity contribution >= 4 is 5.97 Å². The summed E-state index contributed by atoms with van der Waals surface area (Å²) in [6.45, 7) is 9.16. The van der Waals surface area contributed by atoms with E-state index in [0.29, 0.717) is 10.8 Å². The Bertz CT molecular complexity index is 564. The van der Waals surface area contributed by atoms with Crippen LogP contribution in [0.5, 0.6) is 0 Å². The molecule has 134 valence electrons. The third-order valence-corrected chi connectivity index (χ3v) is 8.87. The van der Waals surface area contributed by atoms with Gasteiger partial charge in [-0.05, 0) is 79.4 Å². The molecule has 0 aromatic rings. The second-order valence-corrected chi connectivity index (χ2v) is 9.76. The molecule has 24 heavy (non-hydrogen) atoms. The Morgan fingerprint density at radius 3 is 2.67 bits per heavy atom. The van der Waals surface area contributed by atoms with Gasteiger partial charge >= 0.3 is 5.97 Å². The van der Waals surface area contributed by atoms with E-state index in [9.17, 15) is 4.79 Å². The molecule has 4 rings (SSSR count). The summed E-state index contributed by atoms with van der Waals surface area (Å²) in [4.78, 5) is 11.3. The number of carbonyl (C=O) groups excluding carboxylic acids is 1. The lowest BCUT2D eigenvalue weighted by molar-refractivity contribution is -0.148. The van der Waals surface area contributed by atoms with Crippen molar-refractivity contribution in [3.05, 3.63) is 11.6 Å². The lowest BCUT2D eigenvalue weighted by Crippen LogP contribution is -2.50. The molecule has 0 aromatic heterocycles. The van der Waals surface area contributed by atoms with Gasteiger partial charge in [-0.25, -0.2) is 0 Å². The molecule has 3 saturated carbocycles. The zero-order chi connectivity index (χ0) is 17.1. The largest absolute Gasteiger partial charge is 0.462 e. The van der Waals surface area contributed by atoms with Gasteiger partial charge in [-0.1, -0.05) is 32.4 Å². The predicted octanol–water partition coefficient (Wildman–Crippen LogP) is 5.52. The SMILES string of the molecule is CC(=O)O[C@H]1CC[C@@]2(C)C(=CCC3C2CC[C@@]2(C)C3CC[C@@H]2C)C1. The molecular weight excluding hydrogens is 296 g/mol. The Morgan fingerprint density at radius 2 is 1.92 bits per heavy atom. The average Bonchev–Trinajstić information content (AvgIpc) is 2.83. The second-order valence-electron chi connectivity index (χ2n) is 9.76. The minimum absolute atomic E-state index is 0.119. The first kappa shape index (κ1) is 16.7. The number of carbonyl (C=O) groups is 1. The Morgan fingerprint density at radius 1 is 1.12 bits per heavy atom. The summed E-state index contributed by atoms with van der Waals surface area (Å²) in [7, 11) is 0. The molecule has 3 fully saturated rings. The van der Waals surface area contributed by atoms with Gasteiger partial charge in [0.25, 0.3) is 0 Å². The summed E-state index contributed by atoms with van der Waals surface area (Å²) in [5.41, 5.74) is 2.57. The van der Waals surface area contributed by atoms with Crippen LogP contribution in [0.1, 0.15) is 79.1 Å². The molecule has 0 amide bonds. The first-order chi connectivity index (χ1) is 11.3. The van der Waals surface area contributed by atoms with E-state index in [1.807, 2.05) is 0 Å². The van der Waals surface area contributed by atoms with Crippen LogP contribution in [0.3, 0.4) is 0 Å². The fraction of sp³-hybridized carbons (Fsp3) is 0.864. The van der Waals surface area contributed by atoms with Gasteiger partial charge in [0.15, 0.2) is 0 Å². The Balaban J connectivity index is 1.59. The van der Waals surface area contributed by atoms with E-state index in [0.717, 1.165) is 36.5 Å². The Labute approximate surface area is 147 Å². The standard InChI is InChI=1S/C22H34O2/c1-14-5-8-19-18-7-6-16-13-17(24-15(2)23)9-11-22(16,4)20(18)10-12-21(14,19)3/h6,14,17-20H,5,7-13H2,1-4H3/t14-,17-,18?,19?,20?,21+,22-/m0/s1. The fourth-order valence-corrected chi connectivity index (χ4v) is 7.23. The zero-order valence-corrected chi connectivity index (χ0v) is 15.9. The zero-order valence-electron chi connectivity index (χ0n) is 15.9. The smallest absolute Gasteiger partial charge is 0.302 e. The van der Waals surface area contributed by atoms with Crippen molar-refractivity contribution in [3.8, 4) is 0 Å². The van der Waals surface area contributed by atoms with Crippen molar-refractivity contribution < 1.29 is 9.53 Å². The molecule has 0 heterocycles. The molecule has 3 unspecified atom stereocenters. The van der Waals surface area contributed by atoms with Gasteiger partial charge in [-0.15, -0.1) is 0 Å². The highest BCUT2D eigenvalue weighted by atomic mass is 16.5. The second kappa shape index (κ2) is 5.61. The van der Waals surface area contributed by atoms with Gasteiger partial charge < -0.3 is 4.74 Å². The van der Waals surface area contributed by atoms with Crippen LogP contribution in [0.4, 0.5) is 0 Å². The van der Waals surface area contributed by atoms with E-state index < -0.39 is 0 Å². The fourth-order valence-electron chi connectivity index (χ4n) is 7.23. The molecule has 0 bridgehead atoms. The normalized spacial score (nSPS) is 50.3. The van der Waals surface area contributed by atoms with E-state index in [1.165, 1.54) is 38.5 Å². The molecule has 2 heteroatoms. The molecule has 0 aliphatic heterocycles. The molecule has 0 saturated heterocycles. The van der Waals surface area contributed by atoms with Crippen molar-refractivity contribution in [1.82, 2.24) is 0 Å². The number of fused-ring (bicyclic) bond motifs is 5. The maximum absolute atomic E-state index is 11.3. The minimum Gasteiger partial charge on any atom is -0.462 e. The molecule has 4 aliphatic rings. The highest BCUT2D eigenvalue weighted by molar-refractivity contribution is 5.66. The third-order valence-electron chi connectivity index (χ3n) is 8.87. The average molecular weight is 331 g/mol. The Hall–Kier alpha value is -0.790. The van der Waals surface area contributed by atoms with Gasteiger partial charge in [-0.3, -0.25) is 4.79 Å². The topological polar surface area (TPSA) is 26.3 Å². The summed E-state index contributed by atoms with van der Waals surface area (Å²) >= 11 is 0. The van der Waals surface area contributed by atoms with E-state index in [4.69, 9.17) is 4.74 Å². The molecule has 0 radical (unpaired) electrons. The van der Waals surface area contributed by atoms with Gasteiger partial charge in [-0.2, -0.15) is 0 Å². The van der Waals surface area contributed by atoms with E-state index in [2.05, 4.69) is 26.8 Å². The van der Waals surface area contributed by atoms with Gasteiger partial charge in [0.1, 0.15) is 6.10 Å². The van der Waals surface area contributed by atoms with Crippen LogP contribution in [0, 0.1) is 34.5 Å². The van der Waals surface area contributed by atoms with E-state index in [-0.39, 0.29) is 12.1 Å². The maximum Gasteiger partial charge on any atom is 0.302 e. The summed E-state index contributed by atoms with van der Waals surface area (Å²) in [5.74, 6) is 3.48. The lowest BCUT2D eigenvalue weighted by Gasteiger charge is -2.58. The molecule has 2 nitrogen and oxygen atoms in total. The van der Waals surface area contributed by atoms with Crippen molar-refractivity contribution in [2.45, 2.75) is 85.2 Å². The van der Waals surface area contributed by atoms with Crippen LogP contribution >= 0.6 is 0 Å². The number of hydrogen-bond donors (Lipinski definition) is 0. The van der Waals surface area contributed by atoms with Crippen LogP contribution in [-0.4, -0.2) is 12.1 Å². The van der Waals surface area contributed by atoms with Crippen LogP contribution in [0.15, 0.2) is 11.6 Å². The number of hydrogen-bond acceptors (Lipinski definition) is 2. The van der Waals surface area contributed by atoms with Gasteiger partial charge in [0, 0.05) is 13.3 Å². The van der Waals surface area contributed by atoms with Crippen molar-refractivity contribution in [2.24, 2.45) is 34.5 Å². The summed E-state index contributed by atoms with van der Waals surface area (Å²) in [5, 5.41) is 0. The van der Waals surface area contributed by atoms with Crippen molar-refractivity contribution in [1.29, 1.82) is 0 Å². The summed E-state index contributed by atoms with van der Waals surface area (Å²) < 4.78 is 5.54. The highest BCUT2D eigenvalue weighted by Gasteiger charge is 2.57. The molecule has 0 spiro atoms. The molecular formula is C22H34O2. The number of rotatable bonds is 1. The minimum atomic E-state index is -0.119. The highest BCUT2D eigenvalue weighted by Crippen LogP contribution is 2.66. The maximum atomic E-state index is 11.3. The first-order valence-corrected chi connectivity index (χ1v) is 10.2. The van der Waals surface area contributed by atoms with Gasteiger partial charge in [0.2, 0.25) is 0 Å². The predicted molar refractivity (Wildman–Crippen MR) is 96.4 cm³/mol. The van der Waals surface area contributed by atoms with E-state index >= 15 is 0 Å². The molecule has 0 N–H and O–H groups in total. The van der Waals surface area contributed by atoms with Crippen molar-refractivity contribution in [2.75, 3.05) is 0 Å². The van der Waals surface area contributed by atoms with Crippen LogP contribution in [0.25, 0.3) is 0 Å². The number of esters is 1. The van der Waals surface area contributed by atoms with Crippen molar-refractivity contribution in [3.63, 3.8) is 0 Å². The molecule has 7 atom stereocenters. The quantitative estimate of drug-likeness (QED) is 0.467. The van der Waals surface area contributed by atoms with Gasteiger partial charge in [0.05, 0.1) is 0 Å². The number of ether oxygens (including phenoxy) is 1. The van der Waals surface area contributed by atoms with Crippen LogP contribution in [0.2, 0.25) is 0 Å². The third kappa shape index (κ3) is 2.31.